The van der Waals surface area contributed by atoms with E-state index in [0.29, 0.717) is 22.2 Å². The van der Waals surface area contributed by atoms with Crippen molar-refractivity contribution in [2.75, 3.05) is 0 Å². The Hall–Kier alpha value is -2.25. The Balaban J connectivity index is 1.92. The molecule has 0 aliphatic carbocycles. The molecule has 2 aromatic heterocycles. The SMILES string of the molecule is Cc1ccccc1S(=O)(=O)NCc1nc2cccnc2n1CC(C)C. The number of benzene rings is 1. The Morgan fingerprint density at radius 2 is 1.92 bits per heavy atom. The molecule has 2 heterocycles. The van der Waals surface area contributed by atoms with Crippen molar-refractivity contribution in [3.05, 3.63) is 54.0 Å². The lowest BCUT2D eigenvalue weighted by molar-refractivity contribution is 0.510. The van der Waals surface area contributed by atoms with Crippen LogP contribution in [0.2, 0.25) is 0 Å². The van der Waals surface area contributed by atoms with Crippen molar-refractivity contribution < 1.29 is 8.42 Å². The van der Waals surface area contributed by atoms with Gasteiger partial charge in [0.15, 0.2) is 5.65 Å². The molecule has 6 nitrogen and oxygen atoms in total. The molecule has 7 heteroatoms. The molecule has 0 unspecified atom stereocenters. The van der Waals surface area contributed by atoms with Gasteiger partial charge >= 0.3 is 0 Å². The predicted octanol–water partition coefficient (Wildman–Crippen LogP) is 2.87. The summed E-state index contributed by atoms with van der Waals surface area (Å²) in [4.78, 5) is 9.24. The third kappa shape index (κ3) is 3.72. The van der Waals surface area contributed by atoms with Crippen LogP contribution in [0.25, 0.3) is 11.2 Å². The third-order valence-electron chi connectivity index (χ3n) is 3.93. The third-order valence-corrected chi connectivity index (χ3v) is 5.50. The van der Waals surface area contributed by atoms with Gasteiger partial charge in [-0.15, -0.1) is 0 Å². The normalized spacial score (nSPS) is 12.2. The molecule has 0 atom stereocenters. The highest BCUT2D eigenvalue weighted by molar-refractivity contribution is 7.89. The number of pyridine rings is 1. The maximum Gasteiger partial charge on any atom is 0.241 e. The first-order chi connectivity index (χ1) is 11.9. The summed E-state index contributed by atoms with van der Waals surface area (Å²) in [5.74, 6) is 1.06. The predicted molar refractivity (Wildman–Crippen MR) is 97.6 cm³/mol. The highest BCUT2D eigenvalue weighted by Crippen LogP contribution is 2.18. The molecule has 0 aliphatic heterocycles. The lowest BCUT2D eigenvalue weighted by Crippen LogP contribution is -2.26. The van der Waals surface area contributed by atoms with Crippen LogP contribution in [0.5, 0.6) is 0 Å². The molecule has 3 aromatic rings. The molecule has 1 N–H and O–H groups in total. The summed E-state index contributed by atoms with van der Waals surface area (Å²) in [6.07, 6.45) is 1.72. The van der Waals surface area contributed by atoms with E-state index in [0.717, 1.165) is 17.7 Å². The molecule has 0 fully saturated rings. The molecule has 0 amide bonds. The van der Waals surface area contributed by atoms with Gasteiger partial charge in [-0.1, -0.05) is 32.0 Å². The summed E-state index contributed by atoms with van der Waals surface area (Å²) in [5, 5.41) is 0. The average molecular weight is 358 g/mol. The number of aromatic nitrogens is 3. The summed E-state index contributed by atoms with van der Waals surface area (Å²) in [7, 11) is -3.60. The van der Waals surface area contributed by atoms with Gasteiger partial charge in [0, 0.05) is 12.7 Å². The second-order valence-corrected chi connectivity index (χ2v) is 8.20. The number of sulfonamides is 1. The van der Waals surface area contributed by atoms with E-state index in [-0.39, 0.29) is 6.54 Å². The fourth-order valence-electron chi connectivity index (χ4n) is 2.79. The van der Waals surface area contributed by atoms with Gasteiger partial charge in [0.1, 0.15) is 11.3 Å². The number of hydrogen-bond acceptors (Lipinski definition) is 4. The number of hydrogen-bond donors (Lipinski definition) is 1. The highest BCUT2D eigenvalue weighted by Gasteiger charge is 2.19. The van der Waals surface area contributed by atoms with Crippen LogP contribution in [0, 0.1) is 12.8 Å². The smallest absolute Gasteiger partial charge is 0.241 e. The van der Waals surface area contributed by atoms with Crippen LogP contribution in [0.3, 0.4) is 0 Å². The maximum atomic E-state index is 12.6. The van der Waals surface area contributed by atoms with Crippen LogP contribution in [0.15, 0.2) is 47.5 Å². The van der Waals surface area contributed by atoms with E-state index in [9.17, 15) is 8.42 Å². The summed E-state index contributed by atoms with van der Waals surface area (Å²) in [5.41, 5.74) is 2.27. The quantitative estimate of drug-likeness (QED) is 0.735. The molecular formula is C18H22N4O2S. The van der Waals surface area contributed by atoms with E-state index in [1.807, 2.05) is 22.8 Å². The van der Waals surface area contributed by atoms with Crippen molar-refractivity contribution in [2.45, 2.75) is 38.8 Å². The molecule has 0 aliphatic rings. The number of nitrogens with zero attached hydrogens (tertiary/aromatic N) is 3. The summed E-state index contributed by atoms with van der Waals surface area (Å²) in [6, 6.07) is 10.7. The molecule has 0 spiro atoms. The Labute approximate surface area is 148 Å². The Morgan fingerprint density at radius 1 is 1.16 bits per heavy atom. The molecule has 0 saturated carbocycles. The van der Waals surface area contributed by atoms with Crippen LogP contribution in [-0.2, 0) is 23.1 Å². The minimum absolute atomic E-state index is 0.125. The van der Waals surface area contributed by atoms with E-state index < -0.39 is 10.0 Å². The standard InChI is InChI=1S/C18H22N4O2S/c1-13(2)12-22-17(21-15-8-6-10-19-18(15)22)11-20-25(23,24)16-9-5-4-7-14(16)3/h4-10,13,20H,11-12H2,1-3H3. The van der Waals surface area contributed by atoms with Gasteiger partial charge < -0.3 is 4.57 Å². The van der Waals surface area contributed by atoms with E-state index in [2.05, 4.69) is 28.5 Å². The molecule has 0 saturated heterocycles. The first-order valence-electron chi connectivity index (χ1n) is 8.24. The Morgan fingerprint density at radius 3 is 2.64 bits per heavy atom. The first-order valence-corrected chi connectivity index (χ1v) is 9.72. The topological polar surface area (TPSA) is 76.9 Å². The number of imidazole rings is 1. The Kier molecular flexibility index (Phi) is 4.87. The van der Waals surface area contributed by atoms with Crippen LogP contribution >= 0.6 is 0 Å². The van der Waals surface area contributed by atoms with Crippen LogP contribution < -0.4 is 4.72 Å². The zero-order valence-corrected chi connectivity index (χ0v) is 15.4. The van der Waals surface area contributed by atoms with Crippen molar-refractivity contribution >= 4 is 21.2 Å². The first kappa shape index (κ1) is 17.6. The van der Waals surface area contributed by atoms with Crippen LogP contribution in [0.1, 0.15) is 25.2 Å². The molecule has 0 bridgehead atoms. The van der Waals surface area contributed by atoms with Gasteiger partial charge in [-0.2, -0.15) is 0 Å². The second kappa shape index (κ2) is 6.93. The fourth-order valence-corrected chi connectivity index (χ4v) is 4.02. The molecular weight excluding hydrogens is 336 g/mol. The van der Waals surface area contributed by atoms with E-state index in [4.69, 9.17) is 0 Å². The number of nitrogens with one attached hydrogen (secondary N) is 1. The minimum Gasteiger partial charge on any atom is -0.311 e. The van der Waals surface area contributed by atoms with Crippen molar-refractivity contribution in [1.82, 2.24) is 19.3 Å². The van der Waals surface area contributed by atoms with Gasteiger partial charge in [-0.25, -0.2) is 23.1 Å². The highest BCUT2D eigenvalue weighted by atomic mass is 32.2. The molecule has 0 radical (unpaired) electrons. The number of rotatable bonds is 6. The van der Waals surface area contributed by atoms with E-state index in [1.165, 1.54) is 0 Å². The second-order valence-electron chi connectivity index (χ2n) is 6.47. The summed E-state index contributed by atoms with van der Waals surface area (Å²) >= 11 is 0. The molecule has 1 aromatic carbocycles. The fraction of sp³-hybridized carbons (Fsp3) is 0.333. The lowest BCUT2D eigenvalue weighted by atomic mass is 10.2. The van der Waals surface area contributed by atoms with Gasteiger partial charge in [0.05, 0.1) is 11.4 Å². The minimum atomic E-state index is -3.60. The van der Waals surface area contributed by atoms with Gasteiger partial charge in [-0.3, -0.25) is 0 Å². The van der Waals surface area contributed by atoms with Crippen molar-refractivity contribution in [3.8, 4) is 0 Å². The molecule has 25 heavy (non-hydrogen) atoms. The summed E-state index contributed by atoms with van der Waals surface area (Å²) in [6.45, 7) is 6.85. The monoisotopic (exact) mass is 358 g/mol. The zero-order valence-electron chi connectivity index (χ0n) is 14.6. The van der Waals surface area contributed by atoms with Gasteiger partial charge in [0.25, 0.3) is 0 Å². The molecule has 132 valence electrons. The van der Waals surface area contributed by atoms with Crippen molar-refractivity contribution in [1.29, 1.82) is 0 Å². The maximum absolute atomic E-state index is 12.6. The average Bonchev–Trinajstić information content (AvgIpc) is 2.91. The zero-order chi connectivity index (χ0) is 18.0. The molecule has 3 rings (SSSR count). The van der Waals surface area contributed by atoms with Gasteiger partial charge in [0.2, 0.25) is 10.0 Å². The van der Waals surface area contributed by atoms with Crippen LogP contribution in [0.4, 0.5) is 0 Å². The van der Waals surface area contributed by atoms with Crippen molar-refractivity contribution in [2.24, 2.45) is 5.92 Å². The summed E-state index contributed by atoms with van der Waals surface area (Å²) < 4.78 is 29.9. The van der Waals surface area contributed by atoms with Crippen LogP contribution in [-0.4, -0.2) is 23.0 Å². The van der Waals surface area contributed by atoms with E-state index >= 15 is 0 Å². The van der Waals surface area contributed by atoms with Crippen molar-refractivity contribution in [3.63, 3.8) is 0 Å². The number of aryl methyl sites for hydroxylation is 1. The Bertz CT molecular complexity index is 993. The number of fused-ring (bicyclic) bond motifs is 1. The van der Waals surface area contributed by atoms with Gasteiger partial charge in [-0.05, 0) is 36.6 Å². The largest absolute Gasteiger partial charge is 0.311 e. The lowest BCUT2D eigenvalue weighted by Gasteiger charge is -2.12. The van der Waals surface area contributed by atoms with E-state index in [1.54, 1.807) is 31.3 Å².